The van der Waals surface area contributed by atoms with Crippen molar-refractivity contribution in [1.29, 1.82) is 0 Å². The van der Waals surface area contributed by atoms with Crippen LogP contribution in [0.1, 0.15) is 16.8 Å². The summed E-state index contributed by atoms with van der Waals surface area (Å²) in [4.78, 5) is 15.0. The molecule has 0 saturated carbocycles. The number of hydrogen-bond donors (Lipinski definition) is 2. The highest BCUT2D eigenvalue weighted by atomic mass is 35.5. The topological polar surface area (TPSA) is 101 Å². The molecule has 0 saturated heterocycles. The van der Waals surface area contributed by atoms with Crippen molar-refractivity contribution in [3.05, 3.63) is 74.5 Å². The fourth-order valence-electron chi connectivity index (χ4n) is 2.43. The Morgan fingerprint density at radius 3 is 2.86 bits per heavy atom. The molecule has 0 amide bonds. The van der Waals surface area contributed by atoms with Crippen molar-refractivity contribution in [2.75, 3.05) is 12.5 Å². The lowest BCUT2D eigenvalue weighted by Gasteiger charge is -2.14. The third kappa shape index (κ3) is 4.88. The van der Waals surface area contributed by atoms with Crippen LogP contribution in [0.2, 0.25) is 5.02 Å². The standard InChI is InChI=1S/C19H17ClFN5O3/c1-11-18(23-19(27)26-24-11)25-22-9-12-5-3-8-16(28-2)17(12)29-10-13-14(20)6-4-7-15(13)21/h3-9H,10H2,1-2H3,(H2,23,25,26,27)/b22-9-. The van der Waals surface area contributed by atoms with Gasteiger partial charge in [0.05, 0.1) is 18.3 Å². The molecule has 3 rings (SSSR count). The van der Waals surface area contributed by atoms with Crippen molar-refractivity contribution >= 4 is 23.6 Å². The summed E-state index contributed by atoms with van der Waals surface area (Å²) in [7, 11) is 1.49. The van der Waals surface area contributed by atoms with E-state index in [0.29, 0.717) is 22.8 Å². The monoisotopic (exact) mass is 417 g/mol. The van der Waals surface area contributed by atoms with Crippen LogP contribution < -0.4 is 20.6 Å². The minimum atomic E-state index is -0.597. The van der Waals surface area contributed by atoms with Gasteiger partial charge in [-0.15, -0.1) is 0 Å². The van der Waals surface area contributed by atoms with Crippen LogP contribution in [0.3, 0.4) is 0 Å². The Hall–Kier alpha value is -3.46. The Balaban J connectivity index is 1.84. The number of nitrogens with zero attached hydrogens (tertiary/aromatic N) is 3. The van der Waals surface area contributed by atoms with E-state index in [1.807, 2.05) is 0 Å². The van der Waals surface area contributed by atoms with Gasteiger partial charge in [0.2, 0.25) is 0 Å². The molecule has 2 N–H and O–H groups in total. The Kier molecular flexibility index (Phi) is 6.40. The van der Waals surface area contributed by atoms with E-state index in [-0.39, 0.29) is 23.0 Å². The first kappa shape index (κ1) is 20.3. The zero-order valence-electron chi connectivity index (χ0n) is 15.6. The number of halogens is 2. The zero-order valence-corrected chi connectivity index (χ0v) is 16.3. The minimum absolute atomic E-state index is 0.0984. The number of rotatable bonds is 7. The van der Waals surface area contributed by atoms with Gasteiger partial charge in [-0.3, -0.25) is 5.43 Å². The van der Waals surface area contributed by atoms with E-state index >= 15 is 0 Å². The average Bonchev–Trinajstić information content (AvgIpc) is 2.70. The minimum Gasteiger partial charge on any atom is -0.493 e. The molecule has 10 heteroatoms. The number of H-pyrrole nitrogens is 1. The Labute approximate surface area is 170 Å². The van der Waals surface area contributed by atoms with Crippen LogP contribution in [0.15, 0.2) is 46.3 Å². The quantitative estimate of drug-likeness (QED) is 0.452. The van der Waals surface area contributed by atoms with E-state index in [0.717, 1.165) is 0 Å². The number of para-hydroxylation sites is 1. The summed E-state index contributed by atoms with van der Waals surface area (Å²) in [6.45, 7) is 1.57. The second-order valence-corrected chi connectivity index (χ2v) is 6.22. The van der Waals surface area contributed by atoms with Gasteiger partial charge in [-0.05, 0) is 31.2 Å². The molecule has 2 aromatic carbocycles. The third-order valence-electron chi connectivity index (χ3n) is 3.90. The molecule has 0 fully saturated rings. The molecule has 150 valence electrons. The summed E-state index contributed by atoms with van der Waals surface area (Å²) in [5, 5.41) is 10.4. The first-order valence-electron chi connectivity index (χ1n) is 8.44. The number of hydrazone groups is 1. The van der Waals surface area contributed by atoms with Gasteiger partial charge in [-0.25, -0.2) is 14.3 Å². The maximum absolute atomic E-state index is 14.0. The fraction of sp³-hybridized carbons (Fsp3) is 0.158. The van der Waals surface area contributed by atoms with Gasteiger partial charge in [-0.2, -0.15) is 15.2 Å². The van der Waals surface area contributed by atoms with E-state index < -0.39 is 11.5 Å². The number of benzene rings is 2. The molecule has 0 radical (unpaired) electrons. The van der Waals surface area contributed by atoms with Gasteiger partial charge in [-0.1, -0.05) is 23.7 Å². The van der Waals surface area contributed by atoms with Crippen molar-refractivity contribution in [3.8, 4) is 11.5 Å². The number of nitrogens with one attached hydrogen (secondary N) is 2. The van der Waals surface area contributed by atoms with Crippen molar-refractivity contribution in [3.63, 3.8) is 0 Å². The number of anilines is 1. The first-order chi connectivity index (χ1) is 14.0. The predicted molar refractivity (Wildman–Crippen MR) is 107 cm³/mol. The molecule has 0 unspecified atom stereocenters. The van der Waals surface area contributed by atoms with E-state index in [1.54, 1.807) is 31.2 Å². The van der Waals surface area contributed by atoms with Gasteiger partial charge in [0, 0.05) is 11.1 Å². The lowest BCUT2D eigenvalue weighted by atomic mass is 10.2. The predicted octanol–water partition coefficient (Wildman–Crippen LogP) is 3.30. The molecule has 0 atom stereocenters. The maximum atomic E-state index is 14.0. The van der Waals surface area contributed by atoms with Gasteiger partial charge < -0.3 is 9.47 Å². The second kappa shape index (κ2) is 9.16. The molecule has 8 nitrogen and oxygen atoms in total. The van der Waals surface area contributed by atoms with Gasteiger partial charge in [0.1, 0.15) is 18.1 Å². The molecule has 0 aliphatic rings. The fourth-order valence-corrected chi connectivity index (χ4v) is 2.64. The molecule has 0 spiro atoms. The molecule has 1 heterocycles. The summed E-state index contributed by atoms with van der Waals surface area (Å²) in [6, 6.07) is 9.61. The highest BCUT2D eigenvalue weighted by Gasteiger charge is 2.13. The summed E-state index contributed by atoms with van der Waals surface area (Å²) >= 11 is 6.06. The molecule has 0 aliphatic carbocycles. The van der Waals surface area contributed by atoms with E-state index in [2.05, 4.69) is 25.7 Å². The normalized spacial score (nSPS) is 10.9. The van der Waals surface area contributed by atoms with Crippen molar-refractivity contribution in [2.24, 2.45) is 5.10 Å². The Morgan fingerprint density at radius 1 is 1.31 bits per heavy atom. The number of hydrogen-bond acceptors (Lipinski definition) is 7. The molecule has 1 aromatic heterocycles. The molecular formula is C19H17ClFN5O3. The smallest absolute Gasteiger partial charge is 0.363 e. The van der Waals surface area contributed by atoms with Gasteiger partial charge in [0.15, 0.2) is 17.3 Å². The van der Waals surface area contributed by atoms with Crippen molar-refractivity contribution in [1.82, 2.24) is 15.2 Å². The Bertz CT molecular complexity index is 1080. The number of aryl methyl sites for hydroxylation is 1. The van der Waals surface area contributed by atoms with Crippen LogP contribution in [0.4, 0.5) is 10.2 Å². The van der Waals surface area contributed by atoms with Crippen molar-refractivity contribution < 1.29 is 13.9 Å². The van der Waals surface area contributed by atoms with Crippen LogP contribution in [-0.2, 0) is 6.61 Å². The molecule has 0 bridgehead atoms. The van der Waals surface area contributed by atoms with E-state index in [4.69, 9.17) is 21.1 Å². The number of ether oxygens (including phenoxy) is 2. The van der Waals surface area contributed by atoms with Gasteiger partial charge in [0.25, 0.3) is 0 Å². The summed E-state index contributed by atoms with van der Waals surface area (Å²) in [6.07, 6.45) is 1.46. The van der Waals surface area contributed by atoms with Crippen LogP contribution >= 0.6 is 11.6 Å². The Morgan fingerprint density at radius 2 is 2.10 bits per heavy atom. The average molecular weight is 418 g/mol. The molecule has 3 aromatic rings. The summed E-state index contributed by atoms with van der Waals surface area (Å²) in [5.41, 5.74) is 3.32. The number of aromatic amines is 1. The molecular weight excluding hydrogens is 401 g/mol. The highest BCUT2D eigenvalue weighted by Crippen LogP contribution is 2.32. The summed E-state index contributed by atoms with van der Waals surface area (Å²) < 4.78 is 25.2. The maximum Gasteiger partial charge on any atom is 0.363 e. The lowest BCUT2D eigenvalue weighted by Crippen LogP contribution is -2.15. The summed E-state index contributed by atoms with van der Waals surface area (Å²) in [5.74, 6) is 0.545. The van der Waals surface area contributed by atoms with Crippen LogP contribution in [-0.4, -0.2) is 28.5 Å². The van der Waals surface area contributed by atoms with E-state index in [1.165, 1.54) is 25.5 Å². The zero-order chi connectivity index (χ0) is 20.8. The molecule has 29 heavy (non-hydrogen) atoms. The first-order valence-corrected chi connectivity index (χ1v) is 8.82. The lowest BCUT2D eigenvalue weighted by molar-refractivity contribution is 0.279. The van der Waals surface area contributed by atoms with Crippen molar-refractivity contribution in [2.45, 2.75) is 13.5 Å². The van der Waals surface area contributed by atoms with Gasteiger partial charge >= 0.3 is 5.69 Å². The highest BCUT2D eigenvalue weighted by molar-refractivity contribution is 6.31. The van der Waals surface area contributed by atoms with E-state index in [9.17, 15) is 9.18 Å². The number of methoxy groups -OCH3 is 1. The largest absolute Gasteiger partial charge is 0.493 e. The SMILES string of the molecule is COc1cccc(/C=N\Nc2nc(=O)[nH]nc2C)c1OCc1c(F)cccc1Cl. The number of aromatic nitrogens is 3. The van der Waals surface area contributed by atoms with Crippen LogP contribution in [0.25, 0.3) is 0 Å². The third-order valence-corrected chi connectivity index (χ3v) is 4.26. The van der Waals surface area contributed by atoms with Crippen LogP contribution in [0.5, 0.6) is 11.5 Å². The van der Waals surface area contributed by atoms with Crippen LogP contribution in [0, 0.1) is 12.7 Å². The second-order valence-electron chi connectivity index (χ2n) is 5.81. The molecule has 0 aliphatic heterocycles.